The SMILES string of the molecule is Cc1ccc(C(=O)NCCCCN2CCN(c3cccc(C)c3)CC2)cc1. The smallest absolute Gasteiger partial charge is 0.251 e. The molecule has 3 rings (SSSR count). The van der Waals surface area contributed by atoms with Crippen LogP contribution in [0.5, 0.6) is 0 Å². The van der Waals surface area contributed by atoms with Crippen molar-refractivity contribution in [3.05, 3.63) is 65.2 Å². The maximum absolute atomic E-state index is 12.1. The van der Waals surface area contributed by atoms with Crippen molar-refractivity contribution < 1.29 is 4.79 Å². The van der Waals surface area contributed by atoms with Gasteiger partial charge in [0.2, 0.25) is 0 Å². The van der Waals surface area contributed by atoms with Gasteiger partial charge in [-0.15, -0.1) is 0 Å². The third kappa shape index (κ3) is 5.83. The summed E-state index contributed by atoms with van der Waals surface area (Å²) in [5.74, 6) is 0.0294. The molecule has 2 aromatic rings. The van der Waals surface area contributed by atoms with E-state index in [4.69, 9.17) is 0 Å². The molecule has 1 amide bonds. The van der Waals surface area contributed by atoms with Crippen molar-refractivity contribution >= 4 is 11.6 Å². The lowest BCUT2D eigenvalue weighted by Crippen LogP contribution is -2.46. The van der Waals surface area contributed by atoms with Gasteiger partial charge in [-0.3, -0.25) is 9.69 Å². The first-order valence-electron chi connectivity index (χ1n) is 10.0. The summed E-state index contributed by atoms with van der Waals surface area (Å²) in [4.78, 5) is 17.1. The van der Waals surface area contributed by atoms with Crippen LogP contribution in [0.1, 0.15) is 34.3 Å². The molecular formula is C23H31N3O. The second kappa shape index (κ2) is 9.56. The van der Waals surface area contributed by atoms with Gasteiger partial charge in [-0.2, -0.15) is 0 Å². The van der Waals surface area contributed by atoms with Crippen LogP contribution in [-0.2, 0) is 0 Å². The van der Waals surface area contributed by atoms with E-state index in [1.165, 1.54) is 16.8 Å². The third-order valence-electron chi connectivity index (χ3n) is 5.24. The fraction of sp³-hybridized carbons (Fsp3) is 0.435. The summed E-state index contributed by atoms with van der Waals surface area (Å²) in [7, 11) is 0. The lowest BCUT2D eigenvalue weighted by atomic mass is 10.1. The molecule has 0 bridgehead atoms. The number of nitrogens with one attached hydrogen (secondary N) is 1. The predicted octanol–water partition coefficient (Wildman–Crippen LogP) is 3.64. The molecule has 0 aliphatic carbocycles. The normalized spacial score (nSPS) is 15.0. The molecule has 1 fully saturated rings. The monoisotopic (exact) mass is 365 g/mol. The first-order valence-corrected chi connectivity index (χ1v) is 10.0. The Kier molecular flexibility index (Phi) is 6.88. The lowest BCUT2D eigenvalue weighted by molar-refractivity contribution is 0.0952. The minimum Gasteiger partial charge on any atom is -0.369 e. The highest BCUT2D eigenvalue weighted by molar-refractivity contribution is 5.94. The number of piperazine rings is 1. The third-order valence-corrected chi connectivity index (χ3v) is 5.24. The minimum atomic E-state index is 0.0294. The Morgan fingerprint density at radius 1 is 0.926 bits per heavy atom. The average Bonchev–Trinajstić information content (AvgIpc) is 2.68. The lowest BCUT2D eigenvalue weighted by Gasteiger charge is -2.36. The summed E-state index contributed by atoms with van der Waals surface area (Å²) in [5.41, 5.74) is 4.58. The van der Waals surface area contributed by atoms with Crippen molar-refractivity contribution in [3.63, 3.8) is 0 Å². The molecule has 0 radical (unpaired) electrons. The first kappa shape index (κ1) is 19.4. The number of anilines is 1. The van der Waals surface area contributed by atoms with E-state index >= 15 is 0 Å². The van der Waals surface area contributed by atoms with E-state index < -0.39 is 0 Å². The molecular weight excluding hydrogens is 334 g/mol. The van der Waals surface area contributed by atoms with Crippen molar-refractivity contribution in [2.45, 2.75) is 26.7 Å². The van der Waals surface area contributed by atoms with Crippen molar-refractivity contribution in [2.75, 3.05) is 44.2 Å². The van der Waals surface area contributed by atoms with Gasteiger partial charge in [-0.05, 0) is 63.1 Å². The zero-order chi connectivity index (χ0) is 19.1. The van der Waals surface area contributed by atoms with Gasteiger partial charge in [0.1, 0.15) is 0 Å². The van der Waals surface area contributed by atoms with E-state index in [1.54, 1.807) is 0 Å². The number of carbonyl (C=O) groups excluding carboxylic acids is 1. The standard InChI is InChI=1S/C23H31N3O/c1-19-8-10-21(11-9-19)23(27)24-12-3-4-13-25-14-16-26(17-15-25)22-7-5-6-20(2)18-22/h5-11,18H,3-4,12-17H2,1-2H3,(H,24,27). The molecule has 4 nitrogen and oxygen atoms in total. The largest absolute Gasteiger partial charge is 0.369 e. The van der Waals surface area contributed by atoms with Gasteiger partial charge >= 0.3 is 0 Å². The molecule has 1 aliphatic heterocycles. The number of aryl methyl sites for hydroxylation is 2. The Labute approximate surface area is 163 Å². The predicted molar refractivity (Wildman–Crippen MR) is 113 cm³/mol. The Hall–Kier alpha value is -2.33. The summed E-state index contributed by atoms with van der Waals surface area (Å²) in [5, 5.41) is 3.02. The Morgan fingerprint density at radius 3 is 2.37 bits per heavy atom. The molecule has 0 unspecified atom stereocenters. The van der Waals surface area contributed by atoms with Gasteiger partial charge in [-0.1, -0.05) is 29.8 Å². The molecule has 0 aromatic heterocycles. The van der Waals surface area contributed by atoms with Crippen molar-refractivity contribution in [2.24, 2.45) is 0 Å². The van der Waals surface area contributed by atoms with Gasteiger partial charge in [0.15, 0.2) is 0 Å². The van der Waals surface area contributed by atoms with Gasteiger partial charge in [0.05, 0.1) is 0 Å². The second-order valence-electron chi connectivity index (χ2n) is 7.50. The maximum atomic E-state index is 12.1. The second-order valence-corrected chi connectivity index (χ2v) is 7.50. The van der Waals surface area contributed by atoms with Crippen molar-refractivity contribution in [1.82, 2.24) is 10.2 Å². The summed E-state index contributed by atoms with van der Waals surface area (Å²) in [6.45, 7) is 10.5. The van der Waals surface area contributed by atoms with Crippen LogP contribution in [0.2, 0.25) is 0 Å². The number of amides is 1. The molecule has 0 saturated carbocycles. The van der Waals surface area contributed by atoms with Crippen molar-refractivity contribution in [3.8, 4) is 0 Å². The van der Waals surface area contributed by atoms with Crippen LogP contribution in [0.4, 0.5) is 5.69 Å². The fourth-order valence-electron chi connectivity index (χ4n) is 3.52. The van der Waals surface area contributed by atoms with Crippen LogP contribution < -0.4 is 10.2 Å². The van der Waals surface area contributed by atoms with E-state index in [2.05, 4.69) is 46.3 Å². The number of hydrogen-bond donors (Lipinski definition) is 1. The highest BCUT2D eigenvalue weighted by Gasteiger charge is 2.16. The number of hydrogen-bond acceptors (Lipinski definition) is 3. The van der Waals surface area contributed by atoms with E-state index in [1.807, 2.05) is 31.2 Å². The molecule has 0 spiro atoms. The van der Waals surface area contributed by atoms with E-state index in [9.17, 15) is 4.79 Å². The maximum Gasteiger partial charge on any atom is 0.251 e. The average molecular weight is 366 g/mol. The van der Waals surface area contributed by atoms with Crippen LogP contribution >= 0.6 is 0 Å². The van der Waals surface area contributed by atoms with Crippen LogP contribution in [0.15, 0.2) is 48.5 Å². The number of benzene rings is 2. The molecule has 4 heteroatoms. The fourth-order valence-corrected chi connectivity index (χ4v) is 3.52. The summed E-state index contributed by atoms with van der Waals surface area (Å²) in [6.07, 6.45) is 2.15. The van der Waals surface area contributed by atoms with Gasteiger partial charge in [0, 0.05) is 44.0 Å². The molecule has 1 aliphatic rings. The van der Waals surface area contributed by atoms with E-state index in [0.29, 0.717) is 0 Å². The Morgan fingerprint density at radius 2 is 1.67 bits per heavy atom. The zero-order valence-electron chi connectivity index (χ0n) is 16.6. The van der Waals surface area contributed by atoms with Gasteiger partial charge in [0.25, 0.3) is 5.91 Å². The molecule has 27 heavy (non-hydrogen) atoms. The number of unbranched alkanes of at least 4 members (excludes halogenated alkanes) is 1. The summed E-state index contributed by atoms with van der Waals surface area (Å²) in [6, 6.07) is 16.5. The molecule has 1 N–H and O–H groups in total. The topological polar surface area (TPSA) is 35.6 Å². The first-order chi connectivity index (χ1) is 13.1. The van der Waals surface area contributed by atoms with E-state index in [-0.39, 0.29) is 5.91 Å². The van der Waals surface area contributed by atoms with Gasteiger partial charge < -0.3 is 10.2 Å². The highest BCUT2D eigenvalue weighted by Crippen LogP contribution is 2.17. The van der Waals surface area contributed by atoms with Crippen LogP contribution in [0.3, 0.4) is 0 Å². The number of carbonyl (C=O) groups is 1. The van der Waals surface area contributed by atoms with Crippen LogP contribution in [-0.4, -0.2) is 50.1 Å². The quantitative estimate of drug-likeness (QED) is 0.761. The molecule has 0 atom stereocenters. The molecule has 1 saturated heterocycles. The number of nitrogens with zero attached hydrogens (tertiary/aromatic N) is 2. The van der Waals surface area contributed by atoms with Crippen molar-refractivity contribution in [1.29, 1.82) is 0 Å². The van der Waals surface area contributed by atoms with Gasteiger partial charge in [-0.25, -0.2) is 0 Å². The summed E-state index contributed by atoms with van der Waals surface area (Å²) >= 11 is 0. The highest BCUT2D eigenvalue weighted by atomic mass is 16.1. The van der Waals surface area contributed by atoms with E-state index in [0.717, 1.165) is 57.7 Å². The molecule has 144 valence electrons. The number of rotatable bonds is 7. The molecule has 2 aromatic carbocycles. The Balaban J connectivity index is 1.30. The minimum absolute atomic E-state index is 0.0294. The zero-order valence-corrected chi connectivity index (χ0v) is 16.6. The van der Waals surface area contributed by atoms with Crippen LogP contribution in [0.25, 0.3) is 0 Å². The Bertz CT molecular complexity index is 734. The summed E-state index contributed by atoms with van der Waals surface area (Å²) < 4.78 is 0. The molecule has 1 heterocycles. The van der Waals surface area contributed by atoms with Crippen LogP contribution in [0, 0.1) is 13.8 Å².